The summed E-state index contributed by atoms with van der Waals surface area (Å²) in [6, 6.07) is 3.39. The van der Waals surface area contributed by atoms with E-state index in [9.17, 15) is 23.1 Å². The van der Waals surface area contributed by atoms with Gasteiger partial charge in [-0.3, -0.25) is 10.1 Å². The van der Waals surface area contributed by atoms with E-state index in [4.69, 9.17) is 0 Å². The first-order valence-electron chi connectivity index (χ1n) is 8.51. The third-order valence-corrected chi connectivity index (χ3v) is 4.80. The van der Waals surface area contributed by atoms with Crippen LogP contribution in [0.3, 0.4) is 0 Å². The van der Waals surface area contributed by atoms with Gasteiger partial charge >= 0.3 is 6.18 Å². The zero-order valence-corrected chi connectivity index (χ0v) is 14.9. The molecule has 8 heteroatoms. The predicted octanol–water partition coefficient (Wildman–Crippen LogP) is 4.05. The van der Waals surface area contributed by atoms with Crippen LogP contribution in [0.25, 0.3) is 11.0 Å². The molecule has 5 nitrogen and oxygen atoms in total. The maximum Gasteiger partial charge on any atom is 0.416 e. The molecule has 1 aromatic heterocycles. The van der Waals surface area contributed by atoms with Gasteiger partial charge in [-0.1, -0.05) is 0 Å². The lowest BCUT2D eigenvalue weighted by molar-refractivity contribution is -0.137. The summed E-state index contributed by atoms with van der Waals surface area (Å²) in [6.07, 6.45) is -2.03. The minimum absolute atomic E-state index is 0.138. The van der Waals surface area contributed by atoms with E-state index in [1.54, 1.807) is 4.57 Å². The summed E-state index contributed by atoms with van der Waals surface area (Å²) in [6.45, 7) is 4.97. The highest BCUT2D eigenvalue weighted by molar-refractivity contribution is 5.92. The number of amides is 1. The van der Waals surface area contributed by atoms with Crippen molar-refractivity contribution in [1.82, 2.24) is 9.55 Å². The van der Waals surface area contributed by atoms with Crippen LogP contribution in [-0.2, 0) is 16.5 Å². The van der Waals surface area contributed by atoms with Crippen molar-refractivity contribution >= 4 is 22.9 Å². The Bertz CT molecular complexity index is 846. The number of hydrogen-bond acceptors (Lipinski definition) is 3. The molecule has 0 aliphatic heterocycles. The average molecular weight is 369 g/mol. The van der Waals surface area contributed by atoms with Gasteiger partial charge in [0.05, 0.1) is 28.6 Å². The molecule has 1 saturated carbocycles. The molecule has 0 unspecified atom stereocenters. The zero-order chi connectivity index (χ0) is 19.3. The number of imidazole rings is 1. The number of fused-ring (bicyclic) bond motifs is 1. The second kappa shape index (κ2) is 5.97. The topological polar surface area (TPSA) is 67.2 Å². The highest BCUT2D eigenvalue weighted by atomic mass is 19.4. The standard InChI is InChI=1S/C18H22F3N3O2/c1-16(2,26)10-14(25)23-15-22-12-6-5-11(18(19,20)21)9-13(12)24(15)17(3)7-4-8-17/h5-6,9,26H,4,7-8,10H2,1-3H3,(H,22,23,25). The molecular weight excluding hydrogens is 347 g/mol. The van der Waals surface area contributed by atoms with Crippen LogP contribution in [0, 0.1) is 0 Å². The molecule has 0 spiro atoms. The highest BCUT2D eigenvalue weighted by Gasteiger charge is 2.38. The van der Waals surface area contributed by atoms with Gasteiger partial charge in [0, 0.05) is 5.54 Å². The first-order valence-corrected chi connectivity index (χ1v) is 8.51. The molecule has 26 heavy (non-hydrogen) atoms. The van der Waals surface area contributed by atoms with Gasteiger partial charge in [-0.05, 0) is 58.2 Å². The molecule has 0 bridgehead atoms. The number of nitrogens with zero attached hydrogens (tertiary/aromatic N) is 2. The fourth-order valence-corrected chi connectivity index (χ4v) is 3.36. The molecule has 0 saturated heterocycles. The molecule has 1 aliphatic carbocycles. The number of aromatic nitrogens is 2. The number of nitrogens with one attached hydrogen (secondary N) is 1. The van der Waals surface area contributed by atoms with Crippen molar-refractivity contribution in [2.75, 3.05) is 5.32 Å². The Morgan fingerprint density at radius 2 is 2.00 bits per heavy atom. The quantitative estimate of drug-likeness (QED) is 0.854. The molecule has 1 fully saturated rings. The minimum Gasteiger partial charge on any atom is -0.390 e. The summed E-state index contributed by atoms with van der Waals surface area (Å²) in [5.41, 5.74) is -1.59. The molecule has 0 atom stereocenters. The number of carbonyl (C=O) groups is 1. The Morgan fingerprint density at radius 1 is 1.35 bits per heavy atom. The van der Waals surface area contributed by atoms with Gasteiger partial charge in [-0.2, -0.15) is 13.2 Å². The predicted molar refractivity (Wildman–Crippen MR) is 91.8 cm³/mol. The summed E-state index contributed by atoms with van der Waals surface area (Å²) < 4.78 is 41.0. The molecule has 0 radical (unpaired) electrons. The fourth-order valence-electron chi connectivity index (χ4n) is 3.36. The summed E-state index contributed by atoms with van der Waals surface area (Å²) in [7, 11) is 0. The molecule has 1 aromatic carbocycles. The Morgan fingerprint density at radius 3 is 2.50 bits per heavy atom. The van der Waals surface area contributed by atoms with E-state index in [-0.39, 0.29) is 12.4 Å². The molecule has 142 valence electrons. The molecule has 2 aromatic rings. The fraction of sp³-hybridized carbons (Fsp3) is 0.556. The Balaban J connectivity index is 2.08. The van der Waals surface area contributed by atoms with Crippen molar-refractivity contribution in [1.29, 1.82) is 0 Å². The number of alkyl halides is 3. The number of halogens is 3. The smallest absolute Gasteiger partial charge is 0.390 e. The van der Waals surface area contributed by atoms with Gasteiger partial charge in [-0.25, -0.2) is 4.98 Å². The van der Waals surface area contributed by atoms with Crippen molar-refractivity contribution in [2.24, 2.45) is 0 Å². The summed E-state index contributed by atoms with van der Waals surface area (Å²) >= 11 is 0. The van der Waals surface area contributed by atoms with Gasteiger partial charge < -0.3 is 9.67 Å². The van der Waals surface area contributed by atoms with E-state index in [1.807, 2.05) is 6.92 Å². The van der Waals surface area contributed by atoms with E-state index < -0.39 is 28.8 Å². The highest BCUT2D eigenvalue weighted by Crippen LogP contribution is 2.43. The third-order valence-electron chi connectivity index (χ3n) is 4.80. The van der Waals surface area contributed by atoms with E-state index in [2.05, 4.69) is 10.3 Å². The van der Waals surface area contributed by atoms with Gasteiger partial charge in [0.1, 0.15) is 0 Å². The van der Waals surface area contributed by atoms with Crippen LogP contribution in [0.2, 0.25) is 0 Å². The molecule has 1 amide bonds. The molecule has 3 rings (SSSR count). The van der Waals surface area contributed by atoms with Crippen molar-refractivity contribution < 1.29 is 23.1 Å². The van der Waals surface area contributed by atoms with Crippen LogP contribution in [0.4, 0.5) is 19.1 Å². The van der Waals surface area contributed by atoms with Gasteiger partial charge in [0.15, 0.2) is 0 Å². The van der Waals surface area contributed by atoms with E-state index >= 15 is 0 Å². The number of hydrogen-bond donors (Lipinski definition) is 2. The van der Waals surface area contributed by atoms with Crippen LogP contribution in [0.15, 0.2) is 18.2 Å². The number of aliphatic hydroxyl groups is 1. The monoisotopic (exact) mass is 369 g/mol. The first kappa shape index (κ1) is 18.7. The van der Waals surface area contributed by atoms with E-state index in [0.717, 1.165) is 31.4 Å². The number of anilines is 1. The second-order valence-electron chi connectivity index (χ2n) is 7.86. The van der Waals surface area contributed by atoms with Crippen molar-refractivity contribution in [3.63, 3.8) is 0 Å². The maximum absolute atomic E-state index is 13.1. The Kier molecular flexibility index (Phi) is 4.29. The summed E-state index contributed by atoms with van der Waals surface area (Å²) in [4.78, 5) is 16.5. The molecular formula is C18H22F3N3O2. The minimum atomic E-state index is -4.45. The number of benzene rings is 1. The first-order chi connectivity index (χ1) is 11.9. The zero-order valence-electron chi connectivity index (χ0n) is 14.9. The van der Waals surface area contributed by atoms with E-state index in [1.165, 1.54) is 19.9 Å². The van der Waals surface area contributed by atoms with Gasteiger partial charge in [-0.15, -0.1) is 0 Å². The lowest BCUT2D eigenvalue weighted by atomic mass is 9.78. The third kappa shape index (κ3) is 3.56. The van der Waals surface area contributed by atoms with Crippen LogP contribution < -0.4 is 5.32 Å². The summed E-state index contributed by atoms with van der Waals surface area (Å²) in [5, 5.41) is 12.5. The van der Waals surface area contributed by atoms with Crippen molar-refractivity contribution in [3.8, 4) is 0 Å². The number of rotatable bonds is 4. The normalized spacial score (nSPS) is 17.2. The van der Waals surface area contributed by atoms with Crippen LogP contribution >= 0.6 is 0 Å². The Hall–Kier alpha value is -2.09. The Labute approximate surface area is 149 Å². The molecule has 1 heterocycles. The molecule has 1 aliphatic rings. The van der Waals surface area contributed by atoms with Crippen LogP contribution in [-0.4, -0.2) is 26.2 Å². The van der Waals surface area contributed by atoms with Crippen molar-refractivity contribution in [2.45, 2.75) is 63.8 Å². The lowest BCUT2D eigenvalue weighted by Gasteiger charge is -2.41. The summed E-state index contributed by atoms with van der Waals surface area (Å²) in [5.74, 6) is -0.219. The number of carbonyl (C=O) groups excluding carboxylic acids is 1. The van der Waals surface area contributed by atoms with Gasteiger partial charge in [0.2, 0.25) is 11.9 Å². The second-order valence-corrected chi connectivity index (χ2v) is 7.86. The van der Waals surface area contributed by atoms with Crippen molar-refractivity contribution in [3.05, 3.63) is 23.8 Å². The maximum atomic E-state index is 13.1. The van der Waals surface area contributed by atoms with Crippen LogP contribution in [0.1, 0.15) is 52.0 Å². The largest absolute Gasteiger partial charge is 0.416 e. The van der Waals surface area contributed by atoms with E-state index in [0.29, 0.717) is 11.0 Å². The van der Waals surface area contributed by atoms with Crippen LogP contribution in [0.5, 0.6) is 0 Å². The average Bonchev–Trinajstić information content (AvgIpc) is 2.78. The lowest BCUT2D eigenvalue weighted by Crippen LogP contribution is -2.38. The van der Waals surface area contributed by atoms with Gasteiger partial charge in [0.25, 0.3) is 0 Å². The SMILES string of the molecule is CC(C)(O)CC(=O)Nc1nc2ccc(C(F)(F)F)cc2n1C1(C)CCC1. The molecule has 2 N–H and O–H groups in total.